The Balaban J connectivity index is 1.95. The number of carbonyl (C=O) groups excluding carboxylic acids is 4. The zero-order valence-electron chi connectivity index (χ0n) is 39.7. The van der Waals surface area contributed by atoms with E-state index in [1.54, 1.807) is 0 Å². The normalized spacial score (nSPS) is 17.3. The van der Waals surface area contributed by atoms with Gasteiger partial charge in [-0.2, -0.15) is 0 Å². The van der Waals surface area contributed by atoms with Gasteiger partial charge >= 0.3 is 17.9 Å². The third-order valence-corrected chi connectivity index (χ3v) is 12.4. The zero-order chi connectivity index (χ0) is 44.2. The van der Waals surface area contributed by atoms with E-state index in [0.29, 0.717) is 26.2 Å². The van der Waals surface area contributed by atoms with Crippen molar-refractivity contribution in [2.75, 3.05) is 52.6 Å². The fraction of sp³-hybridized carbons (Fsp3) is 0.920. The van der Waals surface area contributed by atoms with Gasteiger partial charge in [0.25, 0.3) is 0 Å². The van der Waals surface area contributed by atoms with Crippen LogP contribution in [0, 0.1) is 5.92 Å². The average molecular weight is 865 g/mol. The van der Waals surface area contributed by atoms with Crippen molar-refractivity contribution < 1.29 is 42.9 Å². The molecule has 0 aromatic heterocycles. The van der Waals surface area contributed by atoms with E-state index < -0.39 is 30.4 Å². The van der Waals surface area contributed by atoms with Crippen LogP contribution in [0.3, 0.4) is 0 Å². The molecule has 3 unspecified atom stereocenters. The van der Waals surface area contributed by atoms with Crippen molar-refractivity contribution in [3.63, 3.8) is 0 Å². The molecule has 2 heterocycles. The van der Waals surface area contributed by atoms with E-state index >= 15 is 0 Å². The molecular weight excluding hydrogens is 773 g/mol. The van der Waals surface area contributed by atoms with Gasteiger partial charge in [-0.05, 0) is 51.6 Å². The quantitative estimate of drug-likeness (QED) is 0.0255. The van der Waals surface area contributed by atoms with Crippen LogP contribution in [-0.4, -0.2) is 105 Å². The summed E-state index contributed by atoms with van der Waals surface area (Å²) in [4.78, 5) is 57.5. The lowest BCUT2D eigenvalue weighted by atomic mass is 9.94. The number of likely N-dealkylation sites (tertiary alicyclic amines) is 2. The van der Waals surface area contributed by atoms with Gasteiger partial charge in [-0.3, -0.25) is 19.3 Å². The molecule has 0 bridgehead atoms. The summed E-state index contributed by atoms with van der Waals surface area (Å²) in [7, 11) is 0. The highest BCUT2D eigenvalue weighted by molar-refractivity contribution is 5.86. The monoisotopic (exact) mass is 865 g/mol. The minimum absolute atomic E-state index is 0.0749. The Bertz CT molecular complexity index is 1100. The predicted molar refractivity (Wildman–Crippen MR) is 244 cm³/mol. The first-order valence-corrected chi connectivity index (χ1v) is 25.6. The molecule has 61 heavy (non-hydrogen) atoms. The zero-order valence-corrected chi connectivity index (χ0v) is 39.7. The van der Waals surface area contributed by atoms with Gasteiger partial charge < -0.3 is 28.6 Å². The Hall–Kier alpha value is -2.24. The molecule has 356 valence electrons. The number of amides is 1. The second-order valence-corrected chi connectivity index (χ2v) is 17.9. The Morgan fingerprint density at radius 1 is 0.557 bits per heavy atom. The number of nitrogens with zero attached hydrogens (tertiary/aromatic N) is 2. The topological polar surface area (TPSA) is 121 Å². The summed E-state index contributed by atoms with van der Waals surface area (Å²) in [6.07, 6.45) is 28.9. The van der Waals surface area contributed by atoms with Crippen LogP contribution >= 0.6 is 0 Å². The van der Waals surface area contributed by atoms with Crippen molar-refractivity contribution in [3.05, 3.63) is 0 Å². The molecule has 11 nitrogen and oxygen atoms in total. The van der Waals surface area contributed by atoms with Gasteiger partial charge in [0.1, 0.15) is 25.4 Å². The maximum Gasteiger partial charge on any atom is 0.329 e. The smallest absolute Gasteiger partial charge is 0.329 e. The summed E-state index contributed by atoms with van der Waals surface area (Å²) in [5.74, 6) is -1.60. The van der Waals surface area contributed by atoms with E-state index in [9.17, 15) is 19.2 Å². The number of hydrogen-bond donors (Lipinski definition) is 0. The first-order valence-electron chi connectivity index (χ1n) is 25.6. The average Bonchev–Trinajstić information content (AvgIpc) is 3.94. The summed E-state index contributed by atoms with van der Waals surface area (Å²) >= 11 is 0. The van der Waals surface area contributed by atoms with Crippen molar-refractivity contribution in [2.24, 2.45) is 5.92 Å². The number of ether oxygens (including phenoxy) is 5. The third-order valence-electron chi connectivity index (χ3n) is 12.4. The summed E-state index contributed by atoms with van der Waals surface area (Å²) in [5.41, 5.74) is 0. The minimum atomic E-state index is -0.852. The lowest BCUT2D eigenvalue weighted by molar-refractivity contribution is -0.160. The van der Waals surface area contributed by atoms with Crippen LogP contribution in [0.25, 0.3) is 0 Å². The van der Waals surface area contributed by atoms with Crippen LogP contribution in [0.2, 0.25) is 0 Å². The van der Waals surface area contributed by atoms with Crippen molar-refractivity contribution in [2.45, 2.75) is 239 Å². The highest BCUT2D eigenvalue weighted by atomic mass is 16.7. The molecule has 0 radical (unpaired) electrons. The fourth-order valence-corrected chi connectivity index (χ4v) is 8.50. The van der Waals surface area contributed by atoms with Crippen molar-refractivity contribution >= 4 is 23.8 Å². The molecule has 2 rings (SSSR count). The molecule has 1 amide bonds. The van der Waals surface area contributed by atoms with Gasteiger partial charge in [0.2, 0.25) is 5.91 Å². The highest BCUT2D eigenvalue weighted by Gasteiger charge is 2.42. The molecule has 0 aromatic rings. The molecule has 0 aliphatic carbocycles. The van der Waals surface area contributed by atoms with Gasteiger partial charge in [-0.25, -0.2) is 4.79 Å². The molecule has 2 aliphatic heterocycles. The van der Waals surface area contributed by atoms with Crippen LogP contribution in [0.1, 0.15) is 220 Å². The molecule has 11 heteroatoms. The minimum Gasteiger partial charge on any atom is -0.465 e. The predicted octanol–water partition coefficient (Wildman–Crippen LogP) is 11.3. The van der Waals surface area contributed by atoms with E-state index in [-0.39, 0.29) is 56.8 Å². The molecule has 0 saturated carbocycles. The second-order valence-electron chi connectivity index (χ2n) is 17.9. The van der Waals surface area contributed by atoms with Crippen molar-refractivity contribution in [3.8, 4) is 0 Å². The summed E-state index contributed by atoms with van der Waals surface area (Å²) in [6, 6.07) is -0.852. The number of carbonyl (C=O) groups is 4. The van der Waals surface area contributed by atoms with Crippen LogP contribution in [0.5, 0.6) is 0 Å². The SMILES string of the molecule is CCCCCCCCOC(CCC(=O)OCCC(=O)N1CC(OC(=O)C(CCCCCC)CCCCCCCC)CC1C(=O)OCCN1CCCC1)OCCCCCCCC. The lowest BCUT2D eigenvalue weighted by Gasteiger charge is -2.23. The lowest BCUT2D eigenvalue weighted by Crippen LogP contribution is -2.42. The Morgan fingerprint density at radius 2 is 1.07 bits per heavy atom. The number of esters is 3. The van der Waals surface area contributed by atoms with Gasteiger partial charge in [0.05, 0.1) is 25.3 Å². The van der Waals surface area contributed by atoms with Crippen LogP contribution in [0.4, 0.5) is 0 Å². The Kier molecular flexibility index (Phi) is 33.4. The Labute approximate surface area is 372 Å². The van der Waals surface area contributed by atoms with E-state index in [2.05, 4.69) is 32.6 Å². The standard InChI is InChI=1S/C50H92N2O9/c1-5-9-13-17-20-24-30-43(29-23-16-12-8-4)49(55)61-44-41-45(50(56)60-40-36-51-34-25-26-35-51)52(42-44)46(53)33-39-57-47(54)31-32-48(58-37-27-21-18-14-10-6-2)59-38-28-22-19-15-11-7-3/h43-45,48H,5-42H2,1-4H3. The third kappa shape index (κ3) is 26.9. The van der Waals surface area contributed by atoms with Crippen molar-refractivity contribution in [1.82, 2.24) is 9.80 Å². The number of unbranched alkanes of at least 4 members (excludes halogenated alkanes) is 18. The number of hydrogen-bond acceptors (Lipinski definition) is 10. The van der Waals surface area contributed by atoms with Crippen molar-refractivity contribution in [1.29, 1.82) is 0 Å². The summed E-state index contributed by atoms with van der Waals surface area (Å²) < 4.78 is 29.6. The van der Waals surface area contributed by atoms with Crippen LogP contribution < -0.4 is 0 Å². The van der Waals surface area contributed by atoms with Crippen LogP contribution in [-0.2, 0) is 42.9 Å². The fourth-order valence-electron chi connectivity index (χ4n) is 8.50. The highest BCUT2D eigenvalue weighted by Crippen LogP contribution is 2.27. The van der Waals surface area contributed by atoms with Crippen LogP contribution in [0.15, 0.2) is 0 Å². The largest absolute Gasteiger partial charge is 0.465 e. The van der Waals surface area contributed by atoms with Gasteiger partial charge in [0, 0.05) is 32.6 Å². The van der Waals surface area contributed by atoms with E-state index in [1.165, 1.54) is 81.9 Å². The van der Waals surface area contributed by atoms with Gasteiger partial charge in [-0.15, -0.1) is 0 Å². The van der Waals surface area contributed by atoms with Gasteiger partial charge in [0.15, 0.2) is 6.29 Å². The molecule has 2 fully saturated rings. The molecule has 3 atom stereocenters. The number of rotatable bonds is 40. The molecule has 0 spiro atoms. The molecule has 0 N–H and O–H groups in total. The first kappa shape index (κ1) is 54.9. The van der Waals surface area contributed by atoms with E-state index in [0.717, 1.165) is 103 Å². The molecule has 0 aromatic carbocycles. The second kappa shape index (κ2) is 37.2. The van der Waals surface area contributed by atoms with Gasteiger partial charge in [-0.1, -0.05) is 156 Å². The summed E-state index contributed by atoms with van der Waals surface area (Å²) in [5, 5.41) is 0. The molecule has 2 aliphatic rings. The van der Waals surface area contributed by atoms with E-state index in [4.69, 9.17) is 23.7 Å². The van der Waals surface area contributed by atoms with E-state index in [1.807, 2.05) is 0 Å². The summed E-state index contributed by atoms with van der Waals surface area (Å²) in [6.45, 7) is 13.0. The molecule has 2 saturated heterocycles. The maximum atomic E-state index is 13.7. The maximum absolute atomic E-state index is 13.7. The Morgan fingerprint density at radius 3 is 1.62 bits per heavy atom. The molecular formula is C50H92N2O9. The first-order chi connectivity index (χ1) is 29.8.